The Morgan fingerprint density at radius 1 is 0.912 bits per heavy atom. The molecule has 6 aliphatic rings. The summed E-state index contributed by atoms with van der Waals surface area (Å²) in [5.74, 6) is -3.79. The molecule has 2 aliphatic carbocycles. The van der Waals surface area contributed by atoms with Crippen molar-refractivity contribution in [3.8, 4) is 23.0 Å². The lowest BCUT2D eigenvalue weighted by molar-refractivity contribution is -0.263. The largest absolute Gasteiger partial charge is 0.507 e. The molecule has 13 atom stereocenters. The van der Waals surface area contributed by atoms with E-state index in [4.69, 9.17) is 37.9 Å². The van der Waals surface area contributed by atoms with E-state index in [1.165, 1.54) is 49.5 Å². The Morgan fingerprint density at radius 3 is 2.34 bits per heavy atom. The zero-order chi connectivity index (χ0) is 48.5. The highest BCUT2D eigenvalue weighted by Gasteiger charge is 2.57. The molecular weight excluding hydrogens is 900 g/mol. The van der Waals surface area contributed by atoms with Gasteiger partial charge in [0.25, 0.3) is 0 Å². The molecular formula is C46H50N2O20. The van der Waals surface area contributed by atoms with Crippen LogP contribution < -0.4 is 9.47 Å². The number of nitrogens with zero attached hydrogens (tertiary/aromatic N) is 2. The lowest BCUT2D eigenvalue weighted by Crippen LogP contribution is -2.62. The molecule has 7 N–H and O–H groups in total. The second kappa shape index (κ2) is 18.4. The standard InChI is InChI=1S/C46H50N2O20/c1-19-41-24(47-11-12-48(42(62-3)43(47)68-41)45(59)63-18-20-7-9-21(10-8-20)65-44-40(58)39(57)36(54)27(16-49)67-44)13-29(64-19)66-26-15-46(60,28(51)17-50)14-23-31(26)38(56)33-32(35(23)53)34(52)22-5-4-6-25(61-2)30(22)37(33)55/h4-10,16,19,24,26-27,29,36,39-44,50,53-54,56-58,60H,11-15,17-18H2,1-3H3/t19-,24-,26-,27+,29-,36+,39-,40+,41+,42+,43+,44+,46-/m0/s1. The SMILES string of the molecule is COc1cccc2c1C(=O)c1c(O)c3c(c(O)c1C2=O)C[C@@](O)(C(=O)CO)C[C@@H]3O[C@H]1C[C@H]2[C@H](O[C@@H]3[C@@H](OC)N(C(=O)OCc4ccc(O[C@@H]5O[C@H](C=O)[C@@H](O)[C@H](O)[C@H]5O)cc4)CCN32)[C@H](C)O1. The molecule has 0 bridgehead atoms. The number of piperazine rings is 1. The molecule has 3 aromatic rings. The summed E-state index contributed by atoms with van der Waals surface area (Å²) in [6, 6.07) is 10.1. The molecule has 22 heteroatoms. The van der Waals surface area contributed by atoms with Crippen LogP contribution in [-0.2, 0) is 51.0 Å². The molecule has 1 amide bonds. The van der Waals surface area contributed by atoms with Crippen LogP contribution in [0.5, 0.6) is 23.0 Å². The van der Waals surface area contributed by atoms with Gasteiger partial charge in [0.15, 0.2) is 36.6 Å². The molecule has 0 radical (unpaired) electrons. The number of phenols is 2. The Morgan fingerprint density at radius 2 is 1.65 bits per heavy atom. The van der Waals surface area contributed by atoms with Gasteiger partial charge in [-0.05, 0) is 30.7 Å². The third-order valence-corrected chi connectivity index (χ3v) is 13.7. The molecule has 4 fully saturated rings. The van der Waals surface area contributed by atoms with Crippen molar-refractivity contribution in [3.63, 3.8) is 0 Å². The van der Waals surface area contributed by atoms with Crippen LogP contribution in [0.1, 0.15) is 74.4 Å². The van der Waals surface area contributed by atoms with Gasteiger partial charge in [-0.2, -0.15) is 0 Å². The average Bonchev–Trinajstić information content (AvgIpc) is 3.72. The molecule has 0 saturated carbocycles. The fourth-order valence-electron chi connectivity index (χ4n) is 10.2. The summed E-state index contributed by atoms with van der Waals surface area (Å²) in [4.78, 5) is 69.3. The third kappa shape index (κ3) is 7.88. The lowest BCUT2D eigenvalue weighted by atomic mass is 9.72. The van der Waals surface area contributed by atoms with Crippen molar-refractivity contribution in [3.05, 3.63) is 81.4 Å². The molecule has 364 valence electrons. The normalized spacial score (nSPS) is 33.1. The second-order valence-corrected chi connectivity index (χ2v) is 17.5. The number of fused-ring (bicyclic) bond motifs is 6. The summed E-state index contributed by atoms with van der Waals surface area (Å²) in [6.07, 6.45) is -14.8. The fraction of sp³-hybridized carbons (Fsp3) is 0.500. The van der Waals surface area contributed by atoms with E-state index < -0.39 is 145 Å². The summed E-state index contributed by atoms with van der Waals surface area (Å²) in [6.45, 7) is 0.938. The topological polar surface area (TPSA) is 307 Å². The van der Waals surface area contributed by atoms with E-state index in [0.29, 0.717) is 11.8 Å². The van der Waals surface area contributed by atoms with Gasteiger partial charge in [-0.1, -0.05) is 24.3 Å². The number of carbonyl (C=O) groups excluding carboxylic acids is 5. The van der Waals surface area contributed by atoms with Crippen molar-refractivity contribution in [2.45, 2.75) is 112 Å². The maximum atomic E-state index is 14.1. The quantitative estimate of drug-likeness (QED) is 0.0751. The van der Waals surface area contributed by atoms with Gasteiger partial charge in [-0.3, -0.25) is 24.2 Å². The number of amides is 1. The van der Waals surface area contributed by atoms with Gasteiger partial charge in [0.2, 0.25) is 12.1 Å². The maximum Gasteiger partial charge on any atom is 0.412 e. The number of hydrogen-bond donors (Lipinski definition) is 7. The molecule has 9 rings (SSSR count). The molecule has 0 unspecified atom stereocenters. The number of aliphatic hydroxyl groups excluding tert-OH is 4. The number of rotatable bonds is 11. The Balaban J connectivity index is 0.894. The molecule has 4 aliphatic heterocycles. The summed E-state index contributed by atoms with van der Waals surface area (Å²) in [7, 11) is 2.73. The summed E-state index contributed by atoms with van der Waals surface area (Å²) in [5.41, 5.74) is -3.37. The number of phenolic OH excluding ortho intramolecular Hbond substituents is 2. The molecule has 68 heavy (non-hydrogen) atoms. The van der Waals surface area contributed by atoms with Gasteiger partial charge in [0, 0.05) is 62.2 Å². The lowest BCUT2D eigenvalue weighted by Gasteiger charge is -2.45. The number of aromatic hydroxyl groups is 2. The number of benzene rings is 3. The van der Waals surface area contributed by atoms with Crippen molar-refractivity contribution in [1.82, 2.24) is 9.80 Å². The smallest absolute Gasteiger partial charge is 0.412 e. The van der Waals surface area contributed by atoms with Gasteiger partial charge >= 0.3 is 6.09 Å². The first kappa shape index (κ1) is 47.4. The minimum Gasteiger partial charge on any atom is -0.507 e. The zero-order valence-corrected chi connectivity index (χ0v) is 36.8. The van der Waals surface area contributed by atoms with Crippen LogP contribution >= 0.6 is 0 Å². The van der Waals surface area contributed by atoms with Crippen LogP contribution in [0.4, 0.5) is 4.79 Å². The summed E-state index contributed by atoms with van der Waals surface area (Å²) < 4.78 is 47.0. The van der Waals surface area contributed by atoms with Crippen molar-refractivity contribution >= 4 is 29.7 Å². The highest BCUT2D eigenvalue weighted by atomic mass is 16.7. The van der Waals surface area contributed by atoms with E-state index in [2.05, 4.69) is 0 Å². The predicted octanol–water partition coefficient (Wildman–Crippen LogP) is -0.281. The number of aliphatic hydroxyl groups is 5. The molecule has 4 heterocycles. The Kier molecular flexibility index (Phi) is 12.8. The molecule has 0 aromatic heterocycles. The first-order valence-electron chi connectivity index (χ1n) is 21.9. The van der Waals surface area contributed by atoms with E-state index in [0.717, 1.165) is 0 Å². The highest BCUT2D eigenvalue weighted by Crippen LogP contribution is 2.53. The molecule has 4 saturated heterocycles. The molecule has 22 nitrogen and oxygen atoms in total. The van der Waals surface area contributed by atoms with Crippen molar-refractivity contribution in [2.75, 3.05) is 33.9 Å². The van der Waals surface area contributed by atoms with E-state index in [9.17, 15) is 59.7 Å². The van der Waals surface area contributed by atoms with Gasteiger partial charge < -0.3 is 78.4 Å². The zero-order valence-electron chi connectivity index (χ0n) is 36.8. The van der Waals surface area contributed by atoms with Crippen molar-refractivity contribution in [1.29, 1.82) is 0 Å². The fourth-order valence-corrected chi connectivity index (χ4v) is 10.2. The predicted molar refractivity (Wildman–Crippen MR) is 224 cm³/mol. The number of carbonyl (C=O) groups is 5. The van der Waals surface area contributed by atoms with Crippen molar-refractivity contribution in [2.24, 2.45) is 0 Å². The Labute approximate surface area is 387 Å². The second-order valence-electron chi connectivity index (χ2n) is 17.5. The van der Waals surface area contributed by atoms with Crippen LogP contribution in [0.15, 0.2) is 42.5 Å². The van der Waals surface area contributed by atoms with E-state index in [-0.39, 0.29) is 59.9 Å². The van der Waals surface area contributed by atoms with Gasteiger partial charge in [0.1, 0.15) is 72.3 Å². The van der Waals surface area contributed by atoms with Crippen LogP contribution in [0, 0.1) is 0 Å². The van der Waals surface area contributed by atoms with Crippen LogP contribution in [0.2, 0.25) is 0 Å². The monoisotopic (exact) mass is 950 g/mol. The number of Topliss-reactive ketones (excluding diaryl/α,β-unsaturated/α-hetero) is 1. The minimum absolute atomic E-state index is 0.0649. The van der Waals surface area contributed by atoms with Crippen molar-refractivity contribution < 1.29 is 97.6 Å². The Bertz CT molecular complexity index is 2500. The van der Waals surface area contributed by atoms with E-state index >= 15 is 0 Å². The number of aldehydes is 1. The maximum absolute atomic E-state index is 14.1. The molecule has 3 aromatic carbocycles. The number of ketones is 3. The molecule has 0 spiro atoms. The minimum atomic E-state index is -2.33. The van der Waals surface area contributed by atoms with Gasteiger partial charge in [-0.25, -0.2) is 4.79 Å². The summed E-state index contributed by atoms with van der Waals surface area (Å²) in [5, 5.41) is 75.6. The highest BCUT2D eigenvalue weighted by molar-refractivity contribution is 6.31. The van der Waals surface area contributed by atoms with Gasteiger partial charge in [0.05, 0.1) is 36.0 Å². The number of hydrogen-bond acceptors (Lipinski definition) is 21. The number of methoxy groups -OCH3 is 2. The third-order valence-electron chi connectivity index (χ3n) is 13.7. The Hall–Kier alpha value is -5.63. The van der Waals surface area contributed by atoms with Crippen LogP contribution in [0.25, 0.3) is 0 Å². The van der Waals surface area contributed by atoms with E-state index in [1.54, 1.807) is 19.1 Å². The van der Waals surface area contributed by atoms with Crippen LogP contribution in [0.3, 0.4) is 0 Å². The first-order valence-corrected chi connectivity index (χ1v) is 21.9. The number of ether oxygens (including phenoxy) is 8. The van der Waals surface area contributed by atoms with Crippen LogP contribution in [-0.4, -0.2) is 182 Å². The van der Waals surface area contributed by atoms with E-state index in [1.807, 2.05) is 4.90 Å². The average molecular weight is 951 g/mol. The van der Waals surface area contributed by atoms with Gasteiger partial charge in [-0.15, -0.1) is 0 Å². The summed E-state index contributed by atoms with van der Waals surface area (Å²) >= 11 is 0. The first-order chi connectivity index (χ1) is 32.5.